The van der Waals surface area contributed by atoms with E-state index in [-0.39, 0.29) is 12.3 Å². The van der Waals surface area contributed by atoms with E-state index in [2.05, 4.69) is 23.7 Å². The second-order valence-corrected chi connectivity index (χ2v) is 7.32. The maximum Gasteiger partial charge on any atom is 0.183 e. The molecule has 1 aromatic heterocycles. The van der Waals surface area contributed by atoms with Crippen LogP contribution in [0.5, 0.6) is 5.75 Å². The molecule has 2 aromatic carbocycles. The van der Waals surface area contributed by atoms with Crippen LogP contribution in [0.15, 0.2) is 60.7 Å². The number of nitrogens with zero attached hydrogens (tertiary/aromatic N) is 1. The number of aryl methyl sites for hydroxylation is 1. The molecule has 0 saturated heterocycles. The van der Waals surface area contributed by atoms with Gasteiger partial charge in [0.1, 0.15) is 12.4 Å². The lowest BCUT2D eigenvalue weighted by Crippen LogP contribution is -2.15. The molecule has 4 heteroatoms. The van der Waals surface area contributed by atoms with Gasteiger partial charge in [-0.25, -0.2) is 0 Å². The van der Waals surface area contributed by atoms with Crippen molar-refractivity contribution in [2.75, 3.05) is 11.9 Å². The molecule has 0 radical (unpaired) electrons. The fourth-order valence-electron chi connectivity index (χ4n) is 3.54. The summed E-state index contributed by atoms with van der Waals surface area (Å²) in [5, 5.41) is 3.21. The van der Waals surface area contributed by atoms with Crippen molar-refractivity contribution in [3.8, 4) is 5.75 Å². The molecular weight excluding hydrogens is 348 g/mol. The topological polar surface area (TPSA) is 43.3 Å². The van der Waals surface area contributed by atoms with E-state index in [1.807, 2.05) is 74.5 Å². The zero-order chi connectivity index (χ0) is 20.1. The fourth-order valence-corrected chi connectivity index (χ4v) is 3.54. The van der Waals surface area contributed by atoms with Gasteiger partial charge in [0.15, 0.2) is 5.78 Å². The van der Waals surface area contributed by atoms with Crippen molar-refractivity contribution in [3.05, 3.63) is 83.2 Å². The van der Waals surface area contributed by atoms with Gasteiger partial charge in [-0.2, -0.15) is 0 Å². The molecular formula is C24H28N2O2. The Hall–Kier alpha value is -3.01. The van der Waals surface area contributed by atoms with Crippen LogP contribution in [-0.4, -0.2) is 16.9 Å². The second-order valence-electron chi connectivity index (χ2n) is 7.32. The minimum atomic E-state index is 0.101. The first-order valence-electron chi connectivity index (χ1n) is 9.68. The molecule has 0 unspecified atom stereocenters. The van der Waals surface area contributed by atoms with Gasteiger partial charge in [0.2, 0.25) is 0 Å². The van der Waals surface area contributed by atoms with Crippen LogP contribution in [0, 0.1) is 13.8 Å². The maximum absolute atomic E-state index is 12.7. The normalized spacial score (nSPS) is 10.9. The molecule has 146 valence electrons. The average molecular weight is 377 g/mol. The second kappa shape index (κ2) is 8.79. The first kappa shape index (κ1) is 19.7. The van der Waals surface area contributed by atoms with Crippen LogP contribution < -0.4 is 10.1 Å². The first-order chi connectivity index (χ1) is 13.5. The number of benzene rings is 2. The van der Waals surface area contributed by atoms with E-state index in [9.17, 15) is 4.79 Å². The van der Waals surface area contributed by atoms with Crippen molar-refractivity contribution in [1.82, 2.24) is 4.57 Å². The standard InChI is InChI=1S/C24H28N2O2/c1-17(2)26-18(3)14-23(19(26)4)24(27)15-25-21-10-12-22(13-11-21)28-16-20-8-6-5-7-9-20/h5-14,17,25H,15-16H2,1-4H3. The number of carbonyl (C=O) groups excluding carboxylic acids is 1. The molecule has 3 aromatic rings. The van der Waals surface area contributed by atoms with Crippen LogP contribution in [0.3, 0.4) is 0 Å². The number of hydrogen-bond donors (Lipinski definition) is 1. The first-order valence-corrected chi connectivity index (χ1v) is 9.68. The van der Waals surface area contributed by atoms with Crippen LogP contribution in [0.25, 0.3) is 0 Å². The zero-order valence-electron chi connectivity index (χ0n) is 17.0. The lowest BCUT2D eigenvalue weighted by atomic mass is 10.1. The number of carbonyl (C=O) groups is 1. The molecule has 0 aliphatic heterocycles. The number of aromatic nitrogens is 1. The highest BCUT2D eigenvalue weighted by molar-refractivity contribution is 6.00. The van der Waals surface area contributed by atoms with Crippen LogP contribution in [-0.2, 0) is 6.61 Å². The highest BCUT2D eigenvalue weighted by atomic mass is 16.5. The Kier molecular flexibility index (Phi) is 6.19. The molecule has 3 rings (SSSR count). The molecule has 0 bridgehead atoms. The van der Waals surface area contributed by atoms with E-state index in [0.717, 1.165) is 34.0 Å². The van der Waals surface area contributed by atoms with Gasteiger partial charge in [-0.05, 0) is 63.6 Å². The van der Waals surface area contributed by atoms with Crippen LogP contribution in [0.4, 0.5) is 5.69 Å². The number of nitrogens with one attached hydrogen (secondary N) is 1. The molecule has 28 heavy (non-hydrogen) atoms. The molecule has 0 saturated carbocycles. The van der Waals surface area contributed by atoms with Crippen molar-refractivity contribution < 1.29 is 9.53 Å². The van der Waals surface area contributed by atoms with Gasteiger partial charge in [-0.3, -0.25) is 4.79 Å². The summed E-state index contributed by atoms with van der Waals surface area (Å²) in [6.07, 6.45) is 0. The van der Waals surface area contributed by atoms with E-state index in [4.69, 9.17) is 4.74 Å². The molecule has 0 fully saturated rings. The third-order valence-corrected chi connectivity index (χ3v) is 4.86. The van der Waals surface area contributed by atoms with Gasteiger partial charge in [0.25, 0.3) is 0 Å². The van der Waals surface area contributed by atoms with Crippen LogP contribution in [0.2, 0.25) is 0 Å². The van der Waals surface area contributed by atoms with E-state index >= 15 is 0 Å². The predicted octanol–water partition coefficient (Wildman–Crippen LogP) is 5.56. The zero-order valence-corrected chi connectivity index (χ0v) is 17.0. The Balaban J connectivity index is 1.56. The number of hydrogen-bond acceptors (Lipinski definition) is 3. The number of anilines is 1. The monoisotopic (exact) mass is 376 g/mol. The lowest BCUT2D eigenvalue weighted by Gasteiger charge is -2.13. The summed E-state index contributed by atoms with van der Waals surface area (Å²) in [7, 11) is 0. The third-order valence-electron chi connectivity index (χ3n) is 4.86. The van der Waals surface area contributed by atoms with Gasteiger partial charge in [0, 0.05) is 28.7 Å². The maximum atomic E-state index is 12.7. The SMILES string of the molecule is Cc1cc(C(=O)CNc2ccc(OCc3ccccc3)cc2)c(C)n1C(C)C. The summed E-state index contributed by atoms with van der Waals surface area (Å²) >= 11 is 0. The van der Waals surface area contributed by atoms with Gasteiger partial charge < -0.3 is 14.6 Å². The Morgan fingerprint density at radius 1 is 1.04 bits per heavy atom. The van der Waals surface area contributed by atoms with Crippen molar-refractivity contribution in [2.24, 2.45) is 0 Å². The number of Topliss-reactive ketones (excluding diaryl/α,β-unsaturated/α-hetero) is 1. The smallest absolute Gasteiger partial charge is 0.183 e. The third kappa shape index (κ3) is 4.63. The largest absolute Gasteiger partial charge is 0.489 e. The molecule has 4 nitrogen and oxygen atoms in total. The highest BCUT2D eigenvalue weighted by Gasteiger charge is 2.16. The van der Waals surface area contributed by atoms with Crippen molar-refractivity contribution in [1.29, 1.82) is 0 Å². The van der Waals surface area contributed by atoms with E-state index in [1.54, 1.807) is 0 Å². The summed E-state index contributed by atoms with van der Waals surface area (Å²) < 4.78 is 8.00. The Morgan fingerprint density at radius 3 is 2.32 bits per heavy atom. The quantitative estimate of drug-likeness (QED) is 0.523. The molecule has 1 heterocycles. The number of rotatable bonds is 8. The molecule has 0 aliphatic carbocycles. The van der Waals surface area contributed by atoms with Crippen molar-refractivity contribution >= 4 is 11.5 Å². The number of ether oxygens (including phenoxy) is 1. The summed E-state index contributed by atoms with van der Waals surface area (Å²) in [4.78, 5) is 12.7. The summed E-state index contributed by atoms with van der Waals surface area (Å²) in [6, 6.07) is 20.1. The number of ketones is 1. The van der Waals surface area contributed by atoms with Gasteiger partial charge in [-0.1, -0.05) is 30.3 Å². The molecule has 0 amide bonds. The van der Waals surface area contributed by atoms with Crippen molar-refractivity contribution in [2.45, 2.75) is 40.3 Å². The summed E-state index contributed by atoms with van der Waals surface area (Å²) in [5.74, 6) is 0.908. The molecule has 1 N–H and O–H groups in total. The summed E-state index contributed by atoms with van der Waals surface area (Å²) in [5.41, 5.74) is 4.98. The minimum absolute atomic E-state index is 0.101. The molecule has 0 aliphatic rings. The van der Waals surface area contributed by atoms with Crippen LogP contribution in [0.1, 0.15) is 47.2 Å². The van der Waals surface area contributed by atoms with Gasteiger partial charge >= 0.3 is 0 Å². The van der Waals surface area contributed by atoms with Crippen molar-refractivity contribution in [3.63, 3.8) is 0 Å². The summed E-state index contributed by atoms with van der Waals surface area (Å²) in [6.45, 7) is 9.14. The van der Waals surface area contributed by atoms with Gasteiger partial charge in [-0.15, -0.1) is 0 Å². The Labute approximate surface area is 167 Å². The van der Waals surface area contributed by atoms with E-state index in [0.29, 0.717) is 12.6 Å². The Bertz CT molecular complexity index is 925. The molecule has 0 atom stereocenters. The predicted molar refractivity (Wildman–Crippen MR) is 114 cm³/mol. The average Bonchev–Trinajstić information content (AvgIpc) is 3.00. The Morgan fingerprint density at radius 2 is 1.71 bits per heavy atom. The van der Waals surface area contributed by atoms with E-state index < -0.39 is 0 Å². The van der Waals surface area contributed by atoms with E-state index in [1.165, 1.54) is 0 Å². The molecule has 0 spiro atoms. The van der Waals surface area contributed by atoms with Crippen LogP contribution >= 0.6 is 0 Å². The minimum Gasteiger partial charge on any atom is -0.489 e. The highest BCUT2D eigenvalue weighted by Crippen LogP contribution is 2.21. The fraction of sp³-hybridized carbons (Fsp3) is 0.292. The lowest BCUT2D eigenvalue weighted by molar-refractivity contribution is 0.101. The van der Waals surface area contributed by atoms with Gasteiger partial charge in [0.05, 0.1) is 6.54 Å².